The Morgan fingerprint density at radius 1 is 1.10 bits per heavy atom. The van der Waals surface area contributed by atoms with Crippen molar-refractivity contribution in [2.24, 2.45) is 0 Å². The van der Waals surface area contributed by atoms with E-state index in [1.165, 1.54) is 18.2 Å². The van der Waals surface area contributed by atoms with E-state index in [9.17, 15) is 9.18 Å². The van der Waals surface area contributed by atoms with Gasteiger partial charge in [-0.05, 0) is 54.8 Å². The van der Waals surface area contributed by atoms with E-state index in [4.69, 9.17) is 0 Å². The number of hydrogen-bond acceptors (Lipinski definition) is 1. The average Bonchev–Trinajstić information content (AvgIpc) is 2.43. The summed E-state index contributed by atoms with van der Waals surface area (Å²) in [6, 6.07) is 11.7. The van der Waals surface area contributed by atoms with Crippen LogP contribution in [-0.2, 0) is 4.79 Å². The van der Waals surface area contributed by atoms with Crippen LogP contribution < -0.4 is 5.32 Å². The first-order chi connectivity index (χ1) is 9.56. The van der Waals surface area contributed by atoms with Gasteiger partial charge in [0.25, 0.3) is 0 Å². The third-order valence-corrected chi connectivity index (χ3v) is 3.16. The van der Waals surface area contributed by atoms with Crippen LogP contribution in [0.1, 0.15) is 16.7 Å². The topological polar surface area (TPSA) is 29.1 Å². The molecule has 2 aromatic carbocycles. The Morgan fingerprint density at radius 2 is 1.80 bits per heavy atom. The summed E-state index contributed by atoms with van der Waals surface area (Å²) in [5, 5.41) is 2.83. The van der Waals surface area contributed by atoms with E-state index in [2.05, 4.69) is 5.32 Å². The largest absolute Gasteiger partial charge is 0.322 e. The maximum Gasteiger partial charge on any atom is 0.248 e. The van der Waals surface area contributed by atoms with E-state index in [-0.39, 0.29) is 11.7 Å². The summed E-state index contributed by atoms with van der Waals surface area (Å²) in [6.45, 7) is 3.97. The van der Waals surface area contributed by atoms with Gasteiger partial charge in [-0.2, -0.15) is 0 Å². The lowest BCUT2D eigenvalue weighted by Gasteiger charge is -2.08. The maximum atomic E-state index is 12.8. The van der Waals surface area contributed by atoms with Crippen molar-refractivity contribution in [1.82, 2.24) is 0 Å². The molecule has 0 bridgehead atoms. The van der Waals surface area contributed by atoms with Crippen LogP contribution in [0.25, 0.3) is 6.08 Å². The molecule has 102 valence electrons. The van der Waals surface area contributed by atoms with Crippen molar-refractivity contribution in [3.63, 3.8) is 0 Å². The molecule has 0 saturated carbocycles. The molecule has 0 saturated heterocycles. The van der Waals surface area contributed by atoms with Gasteiger partial charge in [-0.3, -0.25) is 4.79 Å². The molecule has 0 aliphatic heterocycles. The Bertz CT molecular complexity index is 645. The quantitative estimate of drug-likeness (QED) is 0.835. The molecular weight excluding hydrogens is 253 g/mol. The van der Waals surface area contributed by atoms with Gasteiger partial charge in [-0.25, -0.2) is 4.39 Å². The fourth-order valence-corrected chi connectivity index (χ4v) is 1.81. The molecule has 0 radical (unpaired) electrons. The Kier molecular flexibility index (Phi) is 4.31. The maximum absolute atomic E-state index is 12.8. The van der Waals surface area contributed by atoms with Crippen molar-refractivity contribution in [3.8, 4) is 0 Å². The van der Waals surface area contributed by atoms with Gasteiger partial charge in [-0.15, -0.1) is 0 Å². The smallest absolute Gasteiger partial charge is 0.248 e. The first-order valence-electron chi connectivity index (χ1n) is 6.37. The molecule has 2 aromatic rings. The third-order valence-electron chi connectivity index (χ3n) is 3.16. The van der Waals surface area contributed by atoms with E-state index in [1.807, 2.05) is 32.0 Å². The SMILES string of the molecule is Cc1cccc(NC(=O)/C=C\c2ccc(F)cc2)c1C. The van der Waals surface area contributed by atoms with Crippen molar-refractivity contribution < 1.29 is 9.18 Å². The molecule has 2 nitrogen and oxygen atoms in total. The van der Waals surface area contributed by atoms with Crippen LogP contribution in [0.4, 0.5) is 10.1 Å². The van der Waals surface area contributed by atoms with E-state index >= 15 is 0 Å². The summed E-state index contributed by atoms with van der Waals surface area (Å²) in [5.41, 5.74) is 3.77. The number of hydrogen-bond donors (Lipinski definition) is 1. The van der Waals surface area contributed by atoms with E-state index in [0.29, 0.717) is 0 Å². The van der Waals surface area contributed by atoms with Crippen molar-refractivity contribution in [2.75, 3.05) is 5.32 Å². The van der Waals surface area contributed by atoms with Gasteiger partial charge in [0.1, 0.15) is 5.82 Å². The van der Waals surface area contributed by atoms with Gasteiger partial charge < -0.3 is 5.32 Å². The molecule has 0 atom stereocenters. The predicted molar refractivity (Wildman–Crippen MR) is 80.0 cm³/mol. The zero-order valence-corrected chi connectivity index (χ0v) is 11.5. The molecule has 0 aromatic heterocycles. The minimum atomic E-state index is -0.290. The second kappa shape index (κ2) is 6.15. The summed E-state index contributed by atoms with van der Waals surface area (Å²) in [5.74, 6) is -0.495. The number of benzene rings is 2. The van der Waals surface area contributed by atoms with Crippen molar-refractivity contribution >= 4 is 17.7 Å². The average molecular weight is 269 g/mol. The lowest BCUT2D eigenvalue weighted by molar-refractivity contribution is -0.111. The lowest BCUT2D eigenvalue weighted by Crippen LogP contribution is -2.09. The second-order valence-electron chi connectivity index (χ2n) is 4.62. The lowest BCUT2D eigenvalue weighted by atomic mass is 10.1. The second-order valence-corrected chi connectivity index (χ2v) is 4.62. The van der Waals surface area contributed by atoms with Gasteiger partial charge in [0.05, 0.1) is 0 Å². The standard InChI is InChI=1S/C17H16FNO/c1-12-4-3-5-16(13(12)2)19-17(20)11-8-14-6-9-15(18)10-7-14/h3-11H,1-2H3,(H,19,20)/b11-8-. The van der Waals surface area contributed by atoms with Crippen LogP contribution in [0, 0.1) is 19.7 Å². The molecule has 0 aliphatic rings. The van der Waals surface area contributed by atoms with Gasteiger partial charge in [0.15, 0.2) is 0 Å². The van der Waals surface area contributed by atoms with E-state index in [0.717, 1.165) is 22.4 Å². The highest BCUT2D eigenvalue weighted by molar-refractivity contribution is 6.02. The molecule has 0 aliphatic carbocycles. The van der Waals surface area contributed by atoms with Crippen molar-refractivity contribution in [3.05, 3.63) is 71.0 Å². The number of rotatable bonds is 3. The monoisotopic (exact) mass is 269 g/mol. The van der Waals surface area contributed by atoms with Crippen LogP contribution in [0.5, 0.6) is 0 Å². The molecule has 0 fully saturated rings. The number of amides is 1. The third kappa shape index (κ3) is 3.54. The molecule has 0 spiro atoms. The van der Waals surface area contributed by atoms with Gasteiger partial charge >= 0.3 is 0 Å². The minimum absolute atomic E-state index is 0.206. The summed E-state index contributed by atoms with van der Waals surface area (Å²) < 4.78 is 12.8. The van der Waals surface area contributed by atoms with Crippen LogP contribution in [0.3, 0.4) is 0 Å². The van der Waals surface area contributed by atoms with Gasteiger partial charge in [0.2, 0.25) is 5.91 Å². The number of halogens is 1. The Hall–Kier alpha value is -2.42. The normalized spacial score (nSPS) is 10.8. The number of carbonyl (C=O) groups excluding carboxylic acids is 1. The van der Waals surface area contributed by atoms with Crippen LogP contribution in [0.2, 0.25) is 0 Å². The van der Waals surface area contributed by atoms with Gasteiger partial charge in [-0.1, -0.05) is 24.3 Å². The zero-order chi connectivity index (χ0) is 14.5. The minimum Gasteiger partial charge on any atom is -0.322 e. The van der Waals surface area contributed by atoms with Crippen LogP contribution >= 0.6 is 0 Å². The van der Waals surface area contributed by atoms with E-state index in [1.54, 1.807) is 18.2 Å². The first kappa shape index (κ1) is 14.0. The molecule has 2 rings (SSSR count). The predicted octanol–water partition coefficient (Wildman–Crippen LogP) is 4.09. The van der Waals surface area contributed by atoms with Crippen LogP contribution in [-0.4, -0.2) is 5.91 Å². The number of carbonyl (C=O) groups is 1. The highest BCUT2D eigenvalue weighted by atomic mass is 19.1. The Morgan fingerprint density at radius 3 is 2.50 bits per heavy atom. The fraction of sp³-hybridized carbons (Fsp3) is 0.118. The molecule has 0 heterocycles. The summed E-state index contributed by atoms with van der Waals surface area (Å²) in [7, 11) is 0. The van der Waals surface area contributed by atoms with Crippen molar-refractivity contribution in [1.29, 1.82) is 0 Å². The molecule has 3 heteroatoms. The number of aryl methyl sites for hydroxylation is 1. The highest BCUT2D eigenvalue weighted by Crippen LogP contribution is 2.17. The molecule has 1 amide bonds. The Balaban J connectivity index is 2.05. The summed E-state index contributed by atoms with van der Waals surface area (Å²) >= 11 is 0. The molecule has 20 heavy (non-hydrogen) atoms. The summed E-state index contributed by atoms with van der Waals surface area (Å²) in [4.78, 5) is 11.8. The zero-order valence-electron chi connectivity index (χ0n) is 11.5. The Labute approximate surface area is 118 Å². The van der Waals surface area contributed by atoms with Gasteiger partial charge in [0, 0.05) is 11.8 Å². The van der Waals surface area contributed by atoms with Crippen molar-refractivity contribution in [2.45, 2.75) is 13.8 Å². The number of nitrogens with one attached hydrogen (secondary N) is 1. The molecule has 1 N–H and O–H groups in total. The fourth-order valence-electron chi connectivity index (χ4n) is 1.81. The van der Waals surface area contributed by atoms with Crippen LogP contribution in [0.15, 0.2) is 48.5 Å². The van der Waals surface area contributed by atoms with E-state index < -0.39 is 0 Å². The molecule has 0 unspecified atom stereocenters. The number of anilines is 1. The highest BCUT2D eigenvalue weighted by Gasteiger charge is 2.02. The summed E-state index contributed by atoms with van der Waals surface area (Å²) in [6.07, 6.45) is 3.09. The molecular formula is C17H16FNO. The first-order valence-corrected chi connectivity index (χ1v) is 6.37.